The predicted molar refractivity (Wildman–Crippen MR) is 90.5 cm³/mol. The molecule has 0 amide bonds. The summed E-state index contributed by atoms with van der Waals surface area (Å²) in [7, 11) is 0. The molecule has 0 aliphatic carbocycles. The molecule has 4 heterocycles. The molecule has 21 heavy (non-hydrogen) atoms. The Labute approximate surface area is 132 Å². The molecule has 0 saturated carbocycles. The molecular weight excluding hydrogens is 256 g/mol. The molecule has 1 N–H and O–H groups in total. The van der Waals surface area contributed by atoms with E-state index in [4.69, 9.17) is 0 Å². The second-order valence-corrected chi connectivity index (χ2v) is 8.72. The summed E-state index contributed by atoms with van der Waals surface area (Å²) in [4.78, 5) is 2.76. The molecule has 4 bridgehead atoms. The third-order valence-electron chi connectivity index (χ3n) is 6.33. The fourth-order valence-corrected chi connectivity index (χ4v) is 5.67. The van der Waals surface area contributed by atoms with Gasteiger partial charge in [0, 0.05) is 30.2 Å². The second kappa shape index (κ2) is 6.58. The molecule has 0 aromatic rings. The summed E-state index contributed by atoms with van der Waals surface area (Å²) in [6, 6.07) is 4.41. The van der Waals surface area contributed by atoms with E-state index in [0.29, 0.717) is 0 Å². The number of piperidine rings is 2. The average Bonchev–Trinajstić information content (AvgIpc) is 2.88. The van der Waals surface area contributed by atoms with Crippen LogP contribution in [0.2, 0.25) is 0 Å². The van der Waals surface area contributed by atoms with E-state index in [1.54, 1.807) is 0 Å². The van der Waals surface area contributed by atoms with Crippen LogP contribution in [0.15, 0.2) is 0 Å². The van der Waals surface area contributed by atoms with Gasteiger partial charge in [-0.2, -0.15) is 0 Å². The van der Waals surface area contributed by atoms with Gasteiger partial charge in [0.25, 0.3) is 0 Å². The molecule has 0 spiro atoms. The van der Waals surface area contributed by atoms with Crippen molar-refractivity contribution in [3.05, 3.63) is 0 Å². The molecule has 4 rings (SSSR count). The SMILES string of the molecule is CC1CC2CCC(C1)N2.CC1CC2CCC(C1)N2C(C)C. The van der Waals surface area contributed by atoms with Gasteiger partial charge in [0.2, 0.25) is 0 Å². The maximum absolute atomic E-state index is 3.62. The maximum Gasteiger partial charge on any atom is 0.0104 e. The van der Waals surface area contributed by atoms with Gasteiger partial charge in [-0.05, 0) is 77.0 Å². The Bertz CT molecular complexity index is 314. The Morgan fingerprint density at radius 1 is 0.762 bits per heavy atom. The lowest BCUT2D eigenvalue weighted by Crippen LogP contribution is -2.46. The lowest BCUT2D eigenvalue weighted by atomic mass is 9.91. The Morgan fingerprint density at radius 2 is 1.24 bits per heavy atom. The molecule has 0 aromatic heterocycles. The van der Waals surface area contributed by atoms with Gasteiger partial charge >= 0.3 is 0 Å². The summed E-state index contributed by atoms with van der Waals surface area (Å²) in [5.41, 5.74) is 0. The Balaban J connectivity index is 0.000000131. The highest BCUT2D eigenvalue weighted by Crippen LogP contribution is 2.39. The summed E-state index contributed by atoms with van der Waals surface area (Å²) in [6.07, 6.45) is 11.6. The van der Waals surface area contributed by atoms with Gasteiger partial charge in [-0.1, -0.05) is 13.8 Å². The van der Waals surface area contributed by atoms with E-state index in [1.165, 1.54) is 51.4 Å². The van der Waals surface area contributed by atoms with E-state index in [9.17, 15) is 0 Å². The van der Waals surface area contributed by atoms with Crippen LogP contribution in [0, 0.1) is 11.8 Å². The molecule has 122 valence electrons. The van der Waals surface area contributed by atoms with E-state index in [1.807, 2.05) is 0 Å². The van der Waals surface area contributed by atoms with Crippen molar-refractivity contribution in [3.8, 4) is 0 Å². The third-order valence-corrected chi connectivity index (χ3v) is 6.33. The first-order valence-corrected chi connectivity index (χ1v) is 9.56. The molecule has 4 saturated heterocycles. The van der Waals surface area contributed by atoms with Crippen LogP contribution < -0.4 is 5.32 Å². The second-order valence-electron chi connectivity index (χ2n) is 8.72. The normalized spacial score (nSPS) is 45.6. The molecule has 4 unspecified atom stereocenters. The number of nitrogens with zero attached hydrogens (tertiary/aromatic N) is 1. The summed E-state index contributed by atoms with van der Waals surface area (Å²) < 4.78 is 0. The first-order chi connectivity index (χ1) is 10.0. The van der Waals surface area contributed by atoms with Crippen molar-refractivity contribution in [3.63, 3.8) is 0 Å². The van der Waals surface area contributed by atoms with E-state index in [0.717, 1.165) is 42.0 Å². The molecule has 2 nitrogen and oxygen atoms in total. The van der Waals surface area contributed by atoms with Crippen LogP contribution >= 0.6 is 0 Å². The van der Waals surface area contributed by atoms with Crippen LogP contribution in [-0.2, 0) is 0 Å². The molecule has 4 atom stereocenters. The Hall–Kier alpha value is -0.0800. The minimum absolute atomic E-state index is 0.773. The van der Waals surface area contributed by atoms with Crippen LogP contribution in [0.25, 0.3) is 0 Å². The predicted octanol–water partition coefficient (Wildman–Crippen LogP) is 4.19. The Kier molecular flexibility index (Phi) is 4.95. The lowest BCUT2D eigenvalue weighted by molar-refractivity contribution is 0.0786. The molecule has 0 radical (unpaired) electrons. The molecule has 4 fully saturated rings. The van der Waals surface area contributed by atoms with Gasteiger partial charge in [0.05, 0.1) is 0 Å². The minimum Gasteiger partial charge on any atom is -0.311 e. The highest BCUT2D eigenvalue weighted by Gasteiger charge is 2.40. The van der Waals surface area contributed by atoms with Crippen LogP contribution in [0.5, 0.6) is 0 Å². The van der Waals surface area contributed by atoms with E-state index in [2.05, 4.69) is 37.9 Å². The highest BCUT2D eigenvalue weighted by atomic mass is 15.2. The fraction of sp³-hybridized carbons (Fsp3) is 1.00. The quantitative estimate of drug-likeness (QED) is 0.779. The van der Waals surface area contributed by atoms with Crippen molar-refractivity contribution < 1.29 is 0 Å². The summed E-state index contributed by atoms with van der Waals surface area (Å²) in [6.45, 7) is 9.50. The van der Waals surface area contributed by atoms with Crippen LogP contribution in [0.1, 0.15) is 79.1 Å². The monoisotopic (exact) mass is 292 g/mol. The van der Waals surface area contributed by atoms with Crippen molar-refractivity contribution in [1.29, 1.82) is 0 Å². The van der Waals surface area contributed by atoms with Crippen LogP contribution in [-0.4, -0.2) is 35.1 Å². The Morgan fingerprint density at radius 3 is 1.71 bits per heavy atom. The number of hydrogen-bond acceptors (Lipinski definition) is 2. The molecule has 0 aromatic carbocycles. The van der Waals surface area contributed by atoms with E-state index >= 15 is 0 Å². The van der Waals surface area contributed by atoms with Gasteiger partial charge in [0.15, 0.2) is 0 Å². The summed E-state index contributed by atoms with van der Waals surface area (Å²) >= 11 is 0. The van der Waals surface area contributed by atoms with E-state index in [-0.39, 0.29) is 0 Å². The first kappa shape index (κ1) is 15.8. The highest BCUT2D eigenvalue weighted by molar-refractivity contribution is 4.95. The van der Waals surface area contributed by atoms with Gasteiger partial charge in [0.1, 0.15) is 0 Å². The zero-order chi connectivity index (χ0) is 15.0. The van der Waals surface area contributed by atoms with Crippen LogP contribution in [0.4, 0.5) is 0 Å². The zero-order valence-corrected chi connectivity index (χ0v) is 14.6. The lowest BCUT2D eigenvalue weighted by Gasteiger charge is -2.40. The largest absolute Gasteiger partial charge is 0.311 e. The first-order valence-electron chi connectivity index (χ1n) is 9.56. The number of rotatable bonds is 1. The fourth-order valence-electron chi connectivity index (χ4n) is 5.67. The van der Waals surface area contributed by atoms with Crippen LogP contribution in [0.3, 0.4) is 0 Å². The maximum atomic E-state index is 3.62. The van der Waals surface area contributed by atoms with Crippen molar-refractivity contribution in [1.82, 2.24) is 10.2 Å². The van der Waals surface area contributed by atoms with Crippen molar-refractivity contribution >= 4 is 0 Å². The summed E-state index contributed by atoms with van der Waals surface area (Å²) in [5, 5.41) is 3.62. The van der Waals surface area contributed by atoms with E-state index < -0.39 is 0 Å². The molecule has 4 aliphatic rings. The number of fused-ring (bicyclic) bond motifs is 4. The smallest absolute Gasteiger partial charge is 0.0104 e. The topological polar surface area (TPSA) is 15.3 Å². The number of nitrogens with one attached hydrogen (secondary N) is 1. The average molecular weight is 293 g/mol. The van der Waals surface area contributed by atoms with Gasteiger partial charge in [-0.3, -0.25) is 4.90 Å². The van der Waals surface area contributed by atoms with Gasteiger partial charge in [-0.25, -0.2) is 0 Å². The van der Waals surface area contributed by atoms with Gasteiger partial charge in [-0.15, -0.1) is 0 Å². The minimum atomic E-state index is 0.773. The zero-order valence-electron chi connectivity index (χ0n) is 14.6. The molecule has 2 heteroatoms. The standard InChI is InChI=1S/C11H21N.C8H15N/c1-8(2)12-10-4-5-11(12)7-9(3)6-10;1-6-4-7-2-3-8(5-6)9-7/h8-11H,4-7H2,1-3H3;6-9H,2-5H2,1H3. The third kappa shape index (κ3) is 3.64. The van der Waals surface area contributed by atoms with Gasteiger partial charge < -0.3 is 5.32 Å². The van der Waals surface area contributed by atoms with Crippen molar-refractivity contribution in [2.45, 2.75) is 109 Å². The summed E-state index contributed by atoms with van der Waals surface area (Å²) in [5.74, 6) is 1.97. The number of hydrogen-bond donors (Lipinski definition) is 1. The molecule has 4 aliphatic heterocycles. The van der Waals surface area contributed by atoms with Crippen molar-refractivity contribution in [2.75, 3.05) is 0 Å². The van der Waals surface area contributed by atoms with Crippen molar-refractivity contribution in [2.24, 2.45) is 11.8 Å². The molecular formula is C19H36N2.